The predicted octanol–water partition coefficient (Wildman–Crippen LogP) is 3.32. The summed E-state index contributed by atoms with van der Waals surface area (Å²) in [5.41, 5.74) is 8.48. The van der Waals surface area contributed by atoms with E-state index < -0.39 is 0 Å². The Morgan fingerprint density at radius 2 is 2.04 bits per heavy atom. The van der Waals surface area contributed by atoms with Crippen molar-refractivity contribution in [1.82, 2.24) is 24.5 Å². The normalized spacial score (nSPS) is 11.9. The molecule has 1 aromatic carbocycles. The third-order valence-electron chi connectivity index (χ3n) is 3.97. The molecule has 7 heteroatoms. The molecule has 4 rings (SSSR count). The number of rotatable bonds is 2. The molecule has 4 aromatic rings. The zero-order valence-electron chi connectivity index (χ0n) is 14.3. The van der Waals surface area contributed by atoms with E-state index >= 15 is 0 Å². The largest absolute Gasteiger partial charge is 0.368 e. The molecule has 2 N–H and O–H groups in total. The number of benzene rings is 1. The van der Waals surface area contributed by atoms with Crippen LogP contribution >= 0.6 is 11.3 Å². The fraction of sp³-hybridized carbons (Fsp3) is 0.158. The molecule has 0 spiro atoms. The van der Waals surface area contributed by atoms with Crippen LogP contribution in [0.1, 0.15) is 29.2 Å². The summed E-state index contributed by atoms with van der Waals surface area (Å²) < 4.78 is 1.96. The highest BCUT2D eigenvalue weighted by molar-refractivity contribution is 7.09. The summed E-state index contributed by atoms with van der Waals surface area (Å²) in [7, 11) is 0. The van der Waals surface area contributed by atoms with Gasteiger partial charge in [-0.05, 0) is 38.1 Å². The van der Waals surface area contributed by atoms with Crippen LogP contribution < -0.4 is 5.73 Å². The second-order valence-electron chi connectivity index (χ2n) is 5.83. The van der Waals surface area contributed by atoms with Gasteiger partial charge in [0.05, 0.1) is 17.0 Å². The standard InChI is InChI=1S/C19H16N6S/c1-12(18-21-9-10-26-18)3-4-14-5-6-15-16(11-14)25(13(2)23-15)17-7-8-22-19(20)24-17/h5-12H,1-2H3,(H2,20,22,24). The maximum Gasteiger partial charge on any atom is 0.221 e. The number of fused-ring (bicyclic) bond motifs is 1. The number of anilines is 1. The Balaban J connectivity index is 1.77. The first-order chi connectivity index (χ1) is 12.6. The van der Waals surface area contributed by atoms with Gasteiger partial charge in [0.25, 0.3) is 0 Å². The molecule has 26 heavy (non-hydrogen) atoms. The van der Waals surface area contributed by atoms with Crippen LogP contribution in [-0.2, 0) is 0 Å². The summed E-state index contributed by atoms with van der Waals surface area (Å²) in [6.45, 7) is 4.00. The third kappa shape index (κ3) is 3.03. The second-order valence-corrected chi connectivity index (χ2v) is 6.76. The van der Waals surface area contributed by atoms with E-state index in [0.717, 1.165) is 27.4 Å². The zero-order chi connectivity index (χ0) is 18.1. The van der Waals surface area contributed by atoms with Crippen LogP contribution in [0.5, 0.6) is 0 Å². The lowest BCUT2D eigenvalue weighted by molar-refractivity contribution is 0.947. The van der Waals surface area contributed by atoms with E-state index in [4.69, 9.17) is 5.73 Å². The molecular formula is C19H16N6S. The minimum Gasteiger partial charge on any atom is -0.368 e. The Morgan fingerprint density at radius 1 is 1.15 bits per heavy atom. The van der Waals surface area contributed by atoms with Gasteiger partial charge in [-0.25, -0.2) is 15.0 Å². The number of aryl methyl sites for hydroxylation is 1. The average Bonchev–Trinajstić information content (AvgIpc) is 3.26. The van der Waals surface area contributed by atoms with Crippen molar-refractivity contribution in [3.05, 3.63) is 58.4 Å². The number of aromatic nitrogens is 5. The van der Waals surface area contributed by atoms with Gasteiger partial charge in [-0.15, -0.1) is 11.3 Å². The zero-order valence-corrected chi connectivity index (χ0v) is 15.2. The summed E-state index contributed by atoms with van der Waals surface area (Å²) in [4.78, 5) is 17.2. The Kier molecular flexibility index (Phi) is 4.11. The molecule has 0 bridgehead atoms. The fourth-order valence-electron chi connectivity index (χ4n) is 2.75. The van der Waals surface area contributed by atoms with Crippen molar-refractivity contribution in [2.75, 3.05) is 5.73 Å². The van der Waals surface area contributed by atoms with E-state index in [-0.39, 0.29) is 11.9 Å². The molecule has 3 heterocycles. The first kappa shape index (κ1) is 16.2. The lowest BCUT2D eigenvalue weighted by Crippen LogP contribution is -2.03. The Bertz CT molecular complexity index is 1130. The van der Waals surface area contributed by atoms with Crippen molar-refractivity contribution in [2.45, 2.75) is 19.8 Å². The summed E-state index contributed by atoms with van der Waals surface area (Å²) in [5, 5.41) is 2.99. The van der Waals surface area contributed by atoms with Gasteiger partial charge in [0, 0.05) is 23.3 Å². The van der Waals surface area contributed by atoms with Gasteiger partial charge >= 0.3 is 0 Å². The highest BCUT2D eigenvalue weighted by Gasteiger charge is 2.11. The number of hydrogen-bond donors (Lipinski definition) is 1. The molecule has 0 fully saturated rings. The predicted molar refractivity (Wildman–Crippen MR) is 103 cm³/mol. The van der Waals surface area contributed by atoms with Gasteiger partial charge in [0.15, 0.2) is 0 Å². The summed E-state index contributed by atoms with van der Waals surface area (Å²) in [5.74, 6) is 8.36. The minimum absolute atomic E-state index is 0.0963. The lowest BCUT2D eigenvalue weighted by Gasteiger charge is -2.06. The van der Waals surface area contributed by atoms with Gasteiger partial charge in [0.1, 0.15) is 16.6 Å². The number of nitrogen functional groups attached to an aromatic ring is 1. The quantitative estimate of drug-likeness (QED) is 0.555. The topological polar surface area (TPSA) is 82.5 Å². The second kappa shape index (κ2) is 6.58. The molecular weight excluding hydrogens is 344 g/mol. The van der Waals surface area contributed by atoms with Gasteiger partial charge in [-0.1, -0.05) is 11.8 Å². The van der Waals surface area contributed by atoms with Crippen LogP contribution in [-0.4, -0.2) is 24.5 Å². The van der Waals surface area contributed by atoms with Gasteiger partial charge < -0.3 is 5.73 Å². The highest BCUT2D eigenvalue weighted by Crippen LogP contribution is 2.22. The van der Waals surface area contributed by atoms with Crippen LogP contribution in [0.3, 0.4) is 0 Å². The maximum absolute atomic E-state index is 5.73. The number of imidazole rings is 1. The molecule has 1 unspecified atom stereocenters. The van der Waals surface area contributed by atoms with Crippen LogP contribution in [0.2, 0.25) is 0 Å². The van der Waals surface area contributed by atoms with E-state index in [9.17, 15) is 0 Å². The molecule has 0 aliphatic carbocycles. The van der Waals surface area contributed by atoms with Gasteiger partial charge in [0.2, 0.25) is 5.95 Å². The molecule has 0 saturated carbocycles. The molecule has 0 radical (unpaired) electrons. The first-order valence-corrected chi connectivity index (χ1v) is 8.99. The summed E-state index contributed by atoms with van der Waals surface area (Å²) in [6, 6.07) is 7.79. The van der Waals surface area contributed by atoms with Crippen LogP contribution in [0.15, 0.2) is 42.0 Å². The first-order valence-electron chi connectivity index (χ1n) is 8.11. The van der Waals surface area contributed by atoms with E-state index in [0.29, 0.717) is 5.82 Å². The third-order valence-corrected chi connectivity index (χ3v) is 4.92. The van der Waals surface area contributed by atoms with Crippen molar-refractivity contribution in [3.63, 3.8) is 0 Å². The Hall–Kier alpha value is -3.24. The molecule has 3 aromatic heterocycles. The van der Waals surface area contributed by atoms with E-state index in [1.807, 2.05) is 41.1 Å². The number of thiazole rings is 1. The number of nitrogens with zero attached hydrogens (tertiary/aromatic N) is 5. The smallest absolute Gasteiger partial charge is 0.221 e. The minimum atomic E-state index is 0.0963. The lowest BCUT2D eigenvalue weighted by atomic mass is 10.1. The van der Waals surface area contributed by atoms with Crippen molar-refractivity contribution < 1.29 is 0 Å². The molecule has 6 nitrogen and oxygen atoms in total. The maximum atomic E-state index is 5.73. The van der Waals surface area contributed by atoms with Gasteiger partial charge in [-0.2, -0.15) is 4.98 Å². The average molecular weight is 360 g/mol. The molecule has 0 aliphatic rings. The highest BCUT2D eigenvalue weighted by atomic mass is 32.1. The number of hydrogen-bond acceptors (Lipinski definition) is 6. The van der Waals surface area contributed by atoms with Crippen molar-refractivity contribution in [3.8, 4) is 17.7 Å². The molecule has 0 saturated heterocycles. The molecule has 1 atom stereocenters. The van der Waals surface area contributed by atoms with Crippen molar-refractivity contribution in [2.24, 2.45) is 0 Å². The van der Waals surface area contributed by atoms with E-state index in [1.165, 1.54) is 0 Å². The monoisotopic (exact) mass is 360 g/mol. The molecule has 0 aliphatic heterocycles. The van der Waals surface area contributed by atoms with E-state index in [1.54, 1.807) is 23.7 Å². The SMILES string of the molecule is Cc1nc2ccc(C#CC(C)c3nccs3)cc2n1-c1ccnc(N)n1. The van der Waals surface area contributed by atoms with Gasteiger partial charge in [-0.3, -0.25) is 4.57 Å². The summed E-state index contributed by atoms with van der Waals surface area (Å²) >= 11 is 1.62. The summed E-state index contributed by atoms with van der Waals surface area (Å²) in [6.07, 6.45) is 3.45. The van der Waals surface area contributed by atoms with Crippen LogP contribution in [0.4, 0.5) is 5.95 Å². The Morgan fingerprint density at radius 3 is 2.81 bits per heavy atom. The fourth-order valence-corrected chi connectivity index (χ4v) is 3.40. The van der Waals surface area contributed by atoms with Crippen molar-refractivity contribution in [1.29, 1.82) is 0 Å². The molecule has 0 amide bonds. The van der Waals surface area contributed by atoms with Crippen molar-refractivity contribution >= 4 is 28.3 Å². The van der Waals surface area contributed by atoms with Crippen LogP contribution in [0.25, 0.3) is 16.9 Å². The van der Waals surface area contributed by atoms with Crippen LogP contribution in [0, 0.1) is 18.8 Å². The van der Waals surface area contributed by atoms with E-state index in [2.05, 4.69) is 38.7 Å². The Labute approximate surface area is 154 Å². The molecule has 128 valence electrons. The number of nitrogens with two attached hydrogens (primary N) is 1.